The first-order valence-electron chi connectivity index (χ1n) is 13.4. The van der Waals surface area contributed by atoms with Crippen LogP contribution in [0.3, 0.4) is 0 Å². The molecule has 0 spiro atoms. The van der Waals surface area contributed by atoms with E-state index in [1.54, 1.807) is 0 Å². The van der Waals surface area contributed by atoms with Gasteiger partial charge in [-0.15, -0.1) is 0 Å². The van der Waals surface area contributed by atoms with Crippen molar-refractivity contribution in [2.24, 2.45) is 11.5 Å². The second-order valence-electron chi connectivity index (χ2n) is 12.6. The minimum atomic E-state index is 0.0250. The maximum Gasteiger partial charge on any atom is 0.0178 e. The monoisotopic (exact) mass is 488 g/mol. The van der Waals surface area contributed by atoms with Crippen molar-refractivity contribution in [3.05, 3.63) is 106 Å². The van der Waals surface area contributed by atoms with E-state index in [-0.39, 0.29) is 10.8 Å². The van der Waals surface area contributed by atoms with E-state index in [1.807, 2.05) is 0 Å². The summed E-state index contributed by atoms with van der Waals surface area (Å²) in [6.07, 6.45) is 0.960. The predicted octanol–water partition coefficient (Wildman–Crippen LogP) is 8.10. The average Bonchev–Trinajstić information content (AvgIpc) is 3.23. The molecule has 0 amide bonds. The van der Waals surface area contributed by atoms with Gasteiger partial charge in [0.25, 0.3) is 0 Å². The lowest BCUT2D eigenvalue weighted by atomic mass is 9.78. The number of fused-ring (bicyclic) bond motifs is 3. The molecule has 4 aromatic carbocycles. The van der Waals surface area contributed by atoms with Crippen LogP contribution in [-0.2, 0) is 30.3 Å². The third-order valence-corrected chi connectivity index (χ3v) is 7.78. The Hall–Kier alpha value is -3.20. The molecule has 0 unspecified atom stereocenters. The zero-order valence-corrected chi connectivity index (χ0v) is 23.2. The molecule has 37 heavy (non-hydrogen) atoms. The lowest BCUT2D eigenvalue weighted by molar-refractivity contribution is 0.591. The van der Waals surface area contributed by atoms with Crippen LogP contribution in [0.4, 0.5) is 0 Å². The Labute approximate surface area is 222 Å². The molecule has 0 fully saturated rings. The van der Waals surface area contributed by atoms with Crippen LogP contribution >= 0.6 is 0 Å². The van der Waals surface area contributed by atoms with Gasteiger partial charge in [0.05, 0.1) is 0 Å². The molecule has 1 aliphatic carbocycles. The van der Waals surface area contributed by atoms with Crippen LogP contribution in [0.25, 0.3) is 33.4 Å². The van der Waals surface area contributed by atoms with Crippen LogP contribution in [0.2, 0.25) is 0 Å². The molecule has 5 rings (SSSR count). The van der Waals surface area contributed by atoms with Crippen molar-refractivity contribution in [3.8, 4) is 33.4 Å². The second-order valence-corrected chi connectivity index (χ2v) is 12.6. The largest absolute Gasteiger partial charge is 0.326 e. The van der Waals surface area contributed by atoms with Gasteiger partial charge in [0.1, 0.15) is 0 Å². The fraction of sp³-hybridized carbons (Fsp3) is 0.314. The van der Waals surface area contributed by atoms with Gasteiger partial charge in [-0.3, -0.25) is 0 Å². The molecule has 0 atom stereocenters. The summed E-state index contributed by atoms with van der Waals surface area (Å²) in [5.74, 6) is 0. The van der Waals surface area contributed by atoms with Crippen LogP contribution < -0.4 is 11.5 Å². The fourth-order valence-electron chi connectivity index (χ4n) is 5.65. The summed E-state index contributed by atoms with van der Waals surface area (Å²) in [6.45, 7) is 15.0. The quantitative estimate of drug-likeness (QED) is 0.268. The van der Waals surface area contributed by atoms with Gasteiger partial charge in [-0.1, -0.05) is 90.1 Å². The van der Waals surface area contributed by atoms with Crippen molar-refractivity contribution in [1.82, 2.24) is 0 Å². The maximum atomic E-state index is 5.87. The maximum absolute atomic E-state index is 5.87. The summed E-state index contributed by atoms with van der Waals surface area (Å²) in [5, 5.41) is 0. The van der Waals surface area contributed by atoms with Crippen LogP contribution in [0.1, 0.15) is 74.9 Å². The average molecular weight is 489 g/mol. The lowest BCUT2D eigenvalue weighted by Gasteiger charge is -2.26. The SMILES string of the molecule is CC(C)(C)c1cc2c(cc1-c1ccc(CN)cc1)Cc1cc(-c3ccc(CN)cc3)c(C(C)(C)C)cc1-2. The number of benzene rings is 4. The Kier molecular flexibility index (Phi) is 6.38. The predicted molar refractivity (Wildman–Crippen MR) is 159 cm³/mol. The smallest absolute Gasteiger partial charge is 0.0178 e. The lowest BCUT2D eigenvalue weighted by Crippen LogP contribution is -2.14. The molecule has 0 radical (unpaired) electrons. The van der Waals surface area contributed by atoms with Crippen molar-refractivity contribution in [1.29, 1.82) is 0 Å². The van der Waals surface area contributed by atoms with Gasteiger partial charge in [0.2, 0.25) is 0 Å². The van der Waals surface area contributed by atoms with Gasteiger partial charge in [0, 0.05) is 13.1 Å². The molecular formula is C35H40N2. The topological polar surface area (TPSA) is 52.0 Å². The van der Waals surface area contributed by atoms with E-state index in [1.165, 1.54) is 55.6 Å². The minimum Gasteiger partial charge on any atom is -0.326 e. The normalized spacial score (nSPS) is 13.0. The highest BCUT2D eigenvalue weighted by Crippen LogP contribution is 2.47. The first-order chi connectivity index (χ1) is 17.5. The third-order valence-electron chi connectivity index (χ3n) is 7.78. The van der Waals surface area contributed by atoms with Gasteiger partial charge >= 0.3 is 0 Å². The second kappa shape index (κ2) is 9.28. The molecule has 0 saturated carbocycles. The highest BCUT2D eigenvalue weighted by Gasteiger charge is 2.29. The van der Waals surface area contributed by atoms with Crippen molar-refractivity contribution in [2.75, 3.05) is 0 Å². The van der Waals surface area contributed by atoms with E-state index in [4.69, 9.17) is 11.5 Å². The molecule has 2 nitrogen and oxygen atoms in total. The standard InChI is InChI=1S/C35H40N2/c1-34(2,3)32-18-28-26(16-30(32)24-11-7-22(20-36)8-12-24)15-27-17-31(25-13-9-23(21-37)10-14-25)33(19-29(27)28)35(4,5)6/h7-14,16-19H,15,20-21,36-37H2,1-6H3. The van der Waals surface area contributed by atoms with E-state index in [0.717, 1.165) is 17.5 Å². The van der Waals surface area contributed by atoms with Crippen molar-refractivity contribution < 1.29 is 0 Å². The zero-order valence-electron chi connectivity index (χ0n) is 23.2. The summed E-state index contributed by atoms with van der Waals surface area (Å²) < 4.78 is 0. The fourth-order valence-corrected chi connectivity index (χ4v) is 5.65. The summed E-state index contributed by atoms with van der Waals surface area (Å²) in [7, 11) is 0. The first kappa shape index (κ1) is 25.4. The first-order valence-corrected chi connectivity index (χ1v) is 13.4. The number of hydrogen-bond acceptors (Lipinski definition) is 2. The number of hydrogen-bond donors (Lipinski definition) is 2. The van der Waals surface area contributed by atoms with Gasteiger partial charge in [-0.05, 0) is 108 Å². The van der Waals surface area contributed by atoms with E-state index < -0.39 is 0 Å². The summed E-state index contributed by atoms with van der Waals surface area (Å²) in [4.78, 5) is 0. The third kappa shape index (κ3) is 4.77. The van der Waals surface area contributed by atoms with Crippen LogP contribution in [0.15, 0.2) is 72.8 Å². The van der Waals surface area contributed by atoms with E-state index in [0.29, 0.717) is 13.1 Å². The number of nitrogens with two attached hydrogens (primary N) is 2. The molecule has 0 saturated heterocycles. The van der Waals surface area contributed by atoms with Gasteiger partial charge in [-0.25, -0.2) is 0 Å². The molecule has 190 valence electrons. The Bertz CT molecular complexity index is 1330. The van der Waals surface area contributed by atoms with Crippen molar-refractivity contribution >= 4 is 0 Å². The van der Waals surface area contributed by atoms with Gasteiger partial charge < -0.3 is 11.5 Å². The Morgan fingerprint density at radius 3 is 1.16 bits per heavy atom. The Balaban J connectivity index is 1.68. The highest BCUT2D eigenvalue weighted by molar-refractivity contribution is 5.86. The molecule has 1 aliphatic rings. The molecule has 0 aliphatic heterocycles. The highest BCUT2D eigenvalue weighted by atomic mass is 14.5. The molecule has 0 heterocycles. The Morgan fingerprint density at radius 1 is 0.514 bits per heavy atom. The summed E-state index contributed by atoms with van der Waals surface area (Å²) in [6, 6.07) is 27.3. The van der Waals surface area contributed by atoms with E-state index >= 15 is 0 Å². The van der Waals surface area contributed by atoms with Crippen molar-refractivity contribution in [3.63, 3.8) is 0 Å². The molecule has 0 aromatic heterocycles. The summed E-state index contributed by atoms with van der Waals surface area (Å²) in [5.41, 5.74) is 27.7. The summed E-state index contributed by atoms with van der Waals surface area (Å²) >= 11 is 0. The molecule has 4 N–H and O–H groups in total. The van der Waals surface area contributed by atoms with Gasteiger partial charge in [0.15, 0.2) is 0 Å². The molecular weight excluding hydrogens is 448 g/mol. The van der Waals surface area contributed by atoms with Gasteiger partial charge in [-0.2, -0.15) is 0 Å². The van der Waals surface area contributed by atoms with E-state index in [9.17, 15) is 0 Å². The van der Waals surface area contributed by atoms with Crippen LogP contribution in [0, 0.1) is 0 Å². The Morgan fingerprint density at radius 2 is 0.865 bits per heavy atom. The number of rotatable bonds is 4. The van der Waals surface area contributed by atoms with Crippen LogP contribution in [-0.4, -0.2) is 0 Å². The zero-order chi connectivity index (χ0) is 26.5. The molecule has 4 aromatic rings. The van der Waals surface area contributed by atoms with E-state index in [2.05, 4.69) is 114 Å². The van der Waals surface area contributed by atoms with Crippen LogP contribution in [0.5, 0.6) is 0 Å². The molecule has 0 bridgehead atoms. The molecule has 2 heteroatoms. The minimum absolute atomic E-state index is 0.0250. The van der Waals surface area contributed by atoms with Crippen molar-refractivity contribution in [2.45, 2.75) is 71.9 Å².